The van der Waals surface area contributed by atoms with Gasteiger partial charge in [-0.05, 0) is 32.4 Å². The van der Waals surface area contributed by atoms with Gasteiger partial charge in [-0.2, -0.15) is 0 Å². The van der Waals surface area contributed by atoms with Crippen LogP contribution in [0.5, 0.6) is 0 Å². The number of Topliss-reactive ketones (excluding diaryl/α,β-unsaturated/α-hetero) is 1. The Balaban J connectivity index is 2.78. The first-order valence-corrected chi connectivity index (χ1v) is 4.89. The van der Waals surface area contributed by atoms with Crippen LogP contribution >= 0.6 is 0 Å². The topological polar surface area (TPSA) is 46.2 Å². The Hall–Kier alpha value is -1.64. The molecule has 0 saturated carbocycles. The van der Waals surface area contributed by atoms with Crippen LogP contribution in [0.25, 0.3) is 0 Å². The summed E-state index contributed by atoms with van der Waals surface area (Å²) in [5.41, 5.74) is 1.52. The summed E-state index contributed by atoms with van der Waals surface area (Å²) in [4.78, 5) is 22.7. The maximum absolute atomic E-state index is 11.7. The van der Waals surface area contributed by atoms with Crippen molar-refractivity contribution in [2.75, 3.05) is 0 Å². The number of carbonyl (C=O) groups is 2. The molecule has 1 unspecified atom stereocenters. The van der Waals surface area contributed by atoms with E-state index in [1.54, 1.807) is 19.1 Å². The van der Waals surface area contributed by atoms with Crippen LogP contribution in [0, 0.1) is 6.92 Å². The zero-order chi connectivity index (χ0) is 11.4. The van der Waals surface area contributed by atoms with E-state index in [9.17, 15) is 9.59 Å². The van der Waals surface area contributed by atoms with Crippen LogP contribution in [0.2, 0.25) is 0 Å². The maximum atomic E-state index is 11.7. The number of hydrogen-bond acceptors (Lipinski definition) is 2. The van der Waals surface area contributed by atoms with Crippen molar-refractivity contribution >= 4 is 11.7 Å². The van der Waals surface area contributed by atoms with E-state index in [1.807, 2.05) is 19.1 Å². The summed E-state index contributed by atoms with van der Waals surface area (Å²) >= 11 is 0. The molecule has 0 bridgehead atoms. The molecular weight excluding hydrogens is 190 g/mol. The number of nitrogens with one attached hydrogen (secondary N) is 1. The summed E-state index contributed by atoms with van der Waals surface area (Å²) in [6.07, 6.45) is 0. The zero-order valence-corrected chi connectivity index (χ0v) is 9.20. The summed E-state index contributed by atoms with van der Waals surface area (Å²) in [5.74, 6) is -0.243. The number of aryl methyl sites for hydroxylation is 1. The van der Waals surface area contributed by atoms with Gasteiger partial charge in [-0.15, -0.1) is 0 Å². The lowest BCUT2D eigenvalue weighted by Gasteiger charge is -2.11. The average Bonchev–Trinajstić information content (AvgIpc) is 2.18. The van der Waals surface area contributed by atoms with Crippen LogP contribution in [0.4, 0.5) is 0 Å². The normalized spacial score (nSPS) is 11.9. The van der Waals surface area contributed by atoms with Crippen LogP contribution in [-0.2, 0) is 4.79 Å². The third-order valence-corrected chi connectivity index (χ3v) is 2.35. The minimum atomic E-state index is -0.433. The standard InChI is InChI=1S/C12H15NO2/c1-8-6-4-5-7-11(8)12(15)13-9(2)10(3)14/h4-7,9H,1-3H3,(H,13,15). The lowest BCUT2D eigenvalue weighted by molar-refractivity contribution is -0.118. The van der Waals surface area contributed by atoms with E-state index >= 15 is 0 Å². The molecule has 0 saturated heterocycles. The summed E-state index contributed by atoms with van der Waals surface area (Å²) in [5, 5.41) is 2.65. The van der Waals surface area contributed by atoms with E-state index in [2.05, 4.69) is 5.32 Å². The molecule has 1 aromatic rings. The Labute approximate surface area is 89.5 Å². The SMILES string of the molecule is CC(=O)C(C)NC(=O)c1ccccc1C. The molecule has 3 heteroatoms. The summed E-state index contributed by atoms with van der Waals surface area (Å²) in [6.45, 7) is 5.01. The third kappa shape index (κ3) is 2.91. The van der Waals surface area contributed by atoms with Gasteiger partial charge in [-0.3, -0.25) is 9.59 Å². The molecule has 0 radical (unpaired) electrons. The van der Waals surface area contributed by atoms with Gasteiger partial charge in [0.2, 0.25) is 0 Å². The molecule has 1 aromatic carbocycles. The van der Waals surface area contributed by atoms with E-state index in [4.69, 9.17) is 0 Å². The number of hydrogen-bond donors (Lipinski definition) is 1. The van der Waals surface area contributed by atoms with Crippen molar-refractivity contribution in [3.63, 3.8) is 0 Å². The molecule has 1 atom stereocenters. The van der Waals surface area contributed by atoms with Gasteiger partial charge in [-0.25, -0.2) is 0 Å². The van der Waals surface area contributed by atoms with E-state index in [0.717, 1.165) is 5.56 Å². The van der Waals surface area contributed by atoms with Gasteiger partial charge in [0.05, 0.1) is 6.04 Å². The number of amides is 1. The molecule has 80 valence electrons. The van der Waals surface area contributed by atoms with E-state index in [-0.39, 0.29) is 11.7 Å². The Morgan fingerprint density at radius 1 is 1.27 bits per heavy atom. The zero-order valence-electron chi connectivity index (χ0n) is 9.20. The van der Waals surface area contributed by atoms with Crippen LogP contribution in [0.3, 0.4) is 0 Å². The molecular formula is C12H15NO2. The van der Waals surface area contributed by atoms with Gasteiger partial charge in [-0.1, -0.05) is 18.2 Å². The fourth-order valence-corrected chi connectivity index (χ4v) is 1.20. The average molecular weight is 205 g/mol. The number of benzene rings is 1. The second-order valence-corrected chi connectivity index (χ2v) is 3.62. The van der Waals surface area contributed by atoms with Crippen molar-refractivity contribution in [2.24, 2.45) is 0 Å². The first kappa shape index (κ1) is 11.4. The quantitative estimate of drug-likeness (QED) is 0.816. The fourth-order valence-electron chi connectivity index (χ4n) is 1.20. The molecule has 0 aromatic heterocycles. The molecule has 0 heterocycles. The van der Waals surface area contributed by atoms with E-state index in [1.165, 1.54) is 6.92 Å². The first-order chi connectivity index (χ1) is 7.02. The van der Waals surface area contributed by atoms with Gasteiger partial charge in [0.1, 0.15) is 0 Å². The number of ketones is 1. The Kier molecular flexibility index (Phi) is 3.61. The molecule has 1 amide bonds. The molecule has 1 rings (SSSR count). The molecule has 1 N–H and O–H groups in total. The fraction of sp³-hybridized carbons (Fsp3) is 0.333. The van der Waals surface area contributed by atoms with Gasteiger partial charge in [0.25, 0.3) is 5.91 Å². The molecule has 0 aliphatic carbocycles. The monoisotopic (exact) mass is 205 g/mol. The minimum absolute atomic E-state index is 0.0445. The first-order valence-electron chi connectivity index (χ1n) is 4.89. The molecule has 0 aliphatic heterocycles. The highest BCUT2D eigenvalue weighted by Gasteiger charge is 2.13. The molecule has 0 aliphatic rings. The summed E-state index contributed by atoms with van der Waals surface area (Å²) in [6, 6.07) is 6.86. The number of rotatable bonds is 3. The van der Waals surface area contributed by atoms with Crippen molar-refractivity contribution in [3.8, 4) is 0 Å². The molecule has 0 fully saturated rings. The van der Waals surface area contributed by atoms with Crippen molar-refractivity contribution in [1.29, 1.82) is 0 Å². The van der Waals surface area contributed by atoms with Crippen molar-refractivity contribution in [3.05, 3.63) is 35.4 Å². The van der Waals surface area contributed by atoms with Gasteiger partial charge in [0, 0.05) is 5.56 Å². The van der Waals surface area contributed by atoms with Crippen LogP contribution in [0.1, 0.15) is 29.8 Å². The lowest BCUT2D eigenvalue weighted by Crippen LogP contribution is -2.37. The second-order valence-electron chi connectivity index (χ2n) is 3.62. The lowest BCUT2D eigenvalue weighted by atomic mass is 10.1. The Bertz CT molecular complexity index is 385. The van der Waals surface area contributed by atoms with Crippen molar-refractivity contribution in [2.45, 2.75) is 26.8 Å². The highest BCUT2D eigenvalue weighted by Crippen LogP contribution is 2.06. The molecule has 15 heavy (non-hydrogen) atoms. The molecule has 0 spiro atoms. The predicted molar refractivity (Wildman–Crippen MR) is 58.8 cm³/mol. The number of carbonyl (C=O) groups excluding carboxylic acids is 2. The Morgan fingerprint density at radius 3 is 2.40 bits per heavy atom. The van der Waals surface area contributed by atoms with Gasteiger partial charge in [0.15, 0.2) is 5.78 Å². The smallest absolute Gasteiger partial charge is 0.252 e. The van der Waals surface area contributed by atoms with Crippen molar-refractivity contribution in [1.82, 2.24) is 5.32 Å². The Morgan fingerprint density at radius 2 is 1.87 bits per heavy atom. The summed E-state index contributed by atoms with van der Waals surface area (Å²) < 4.78 is 0. The third-order valence-electron chi connectivity index (χ3n) is 2.35. The highest BCUT2D eigenvalue weighted by atomic mass is 16.2. The van der Waals surface area contributed by atoms with E-state index in [0.29, 0.717) is 5.56 Å². The van der Waals surface area contributed by atoms with Crippen LogP contribution in [-0.4, -0.2) is 17.7 Å². The summed E-state index contributed by atoms with van der Waals surface area (Å²) in [7, 11) is 0. The van der Waals surface area contributed by atoms with Gasteiger partial charge < -0.3 is 5.32 Å². The van der Waals surface area contributed by atoms with Crippen molar-refractivity contribution < 1.29 is 9.59 Å². The molecule has 3 nitrogen and oxygen atoms in total. The van der Waals surface area contributed by atoms with Gasteiger partial charge >= 0.3 is 0 Å². The van der Waals surface area contributed by atoms with Crippen LogP contribution in [0.15, 0.2) is 24.3 Å². The largest absolute Gasteiger partial charge is 0.343 e. The highest BCUT2D eigenvalue weighted by molar-refractivity contribution is 5.98. The maximum Gasteiger partial charge on any atom is 0.252 e. The minimum Gasteiger partial charge on any atom is -0.343 e. The van der Waals surface area contributed by atoms with Crippen LogP contribution < -0.4 is 5.32 Å². The van der Waals surface area contributed by atoms with E-state index < -0.39 is 6.04 Å². The second kappa shape index (κ2) is 4.73. The predicted octanol–water partition coefficient (Wildman–Crippen LogP) is 1.70.